The van der Waals surface area contributed by atoms with E-state index in [9.17, 15) is 9.59 Å². The number of carboxylic acids is 1. The first-order valence-electron chi connectivity index (χ1n) is 5.84. The van der Waals surface area contributed by atoms with Crippen molar-refractivity contribution in [1.29, 1.82) is 0 Å². The predicted molar refractivity (Wildman–Crippen MR) is 68.0 cm³/mol. The number of aryl methyl sites for hydroxylation is 1. The van der Waals surface area contributed by atoms with Crippen molar-refractivity contribution in [2.24, 2.45) is 0 Å². The molecule has 2 N–H and O–H groups in total. The number of hydrogen-bond donors (Lipinski definition) is 2. The summed E-state index contributed by atoms with van der Waals surface area (Å²) in [5, 5.41) is 14.3. The second-order valence-corrected chi connectivity index (χ2v) is 5.13. The summed E-state index contributed by atoms with van der Waals surface area (Å²) in [5.41, 5.74) is 0.923. The molecule has 0 saturated carbocycles. The van der Waals surface area contributed by atoms with E-state index in [1.807, 2.05) is 12.3 Å². The van der Waals surface area contributed by atoms with Gasteiger partial charge in [-0.25, -0.2) is 14.6 Å². The molecule has 1 saturated heterocycles. The summed E-state index contributed by atoms with van der Waals surface area (Å²) >= 11 is 1.48. The van der Waals surface area contributed by atoms with Gasteiger partial charge in [-0.15, -0.1) is 11.3 Å². The van der Waals surface area contributed by atoms with E-state index < -0.39 is 12.1 Å². The molecular formula is C11H15N3O4S. The predicted octanol–water partition coefficient (Wildman–Crippen LogP) is 0.447. The van der Waals surface area contributed by atoms with Gasteiger partial charge >= 0.3 is 12.0 Å². The lowest BCUT2D eigenvalue weighted by Crippen LogP contribution is -2.51. The lowest BCUT2D eigenvalue weighted by atomic mass is 10.3. The Kier molecular flexibility index (Phi) is 4.33. The van der Waals surface area contributed by atoms with Crippen LogP contribution in [-0.4, -0.2) is 52.8 Å². The van der Waals surface area contributed by atoms with E-state index >= 15 is 0 Å². The van der Waals surface area contributed by atoms with Crippen LogP contribution in [0, 0.1) is 6.92 Å². The third-order valence-electron chi connectivity index (χ3n) is 2.69. The van der Waals surface area contributed by atoms with Crippen LogP contribution in [0.1, 0.15) is 10.7 Å². The van der Waals surface area contributed by atoms with Crippen LogP contribution in [0.25, 0.3) is 0 Å². The largest absolute Gasteiger partial charge is 0.479 e. The number of hydrogen-bond acceptors (Lipinski definition) is 5. The number of thiazole rings is 1. The molecule has 2 rings (SSSR count). The Balaban J connectivity index is 1.84. The van der Waals surface area contributed by atoms with Crippen molar-refractivity contribution >= 4 is 23.3 Å². The van der Waals surface area contributed by atoms with Crippen molar-refractivity contribution in [3.8, 4) is 0 Å². The summed E-state index contributed by atoms with van der Waals surface area (Å²) in [6, 6.07) is -0.289. The standard InChI is InChI=1S/C11H15N3O4S/c1-7-6-19-9(13-7)4-12-11(17)14-2-3-18-8(5-14)10(15)16/h6,8H,2-5H2,1H3,(H,12,17)(H,15,16). The summed E-state index contributed by atoms with van der Waals surface area (Å²) in [4.78, 5) is 28.4. The highest BCUT2D eigenvalue weighted by atomic mass is 32.1. The third-order valence-corrected chi connectivity index (χ3v) is 3.65. The minimum atomic E-state index is -1.05. The van der Waals surface area contributed by atoms with Crippen LogP contribution in [0.2, 0.25) is 0 Å². The number of carbonyl (C=O) groups is 2. The summed E-state index contributed by atoms with van der Waals surface area (Å²) in [7, 11) is 0. The molecular weight excluding hydrogens is 270 g/mol. The molecule has 0 bridgehead atoms. The number of carboxylic acid groups (broad SMARTS) is 1. The minimum absolute atomic E-state index is 0.0675. The molecule has 0 radical (unpaired) electrons. The van der Waals surface area contributed by atoms with Crippen LogP contribution in [-0.2, 0) is 16.1 Å². The Morgan fingerprint density at radius 2 is 2.47 bits per heavy atom. The van der Waals surface area contributed by atoms with E-state index in [4.69, 9.17) is 9.84 Å². The molecule has 1 aromatic heterocycles. The molecule has 1 atom stereocenters. The number of aliphatic carboxylic acids is 1. The van der Waals surface area contributed by atoms with Crippen molar-refractivity contribution in [3.05, 3.63) is 16.1 Å². The van der Waals surface area contributed by atoms with Crippen molar-refractivity contribution in [3.63, 3.8) is 0 Å². The van der Waals surface area contributed by atoms with Gasteiger partial charge in [0.05, 0.1) is 19.7 Å². The highest BCUT2D eigenvalue weighted by Gasteiger charge is 2.28. The van der Waals surface area contributed by atoms with Gasteiger partial charge in [-0.2, -0.15) is 0 Å². The van der Waals surface area contributed by atoms with E-state index in [0.717, 1.165) is 10.7 Å². The van der Waals surface area contributed by atoms with Crippen LogP contribution in [0.3, 0.4) is 0 Å². The van der Waals surface area contributed by atoms with Gasteiger partial charge in [-0.05, 0) is 6.92 Å². The fraction of sp³-hybridized carbons (Fsp3) is 0.545. The van der Waals surface area contributed by atoms with Gasteiger partial charge < -0.3 is 20.1 Å². The highest BCUT2D eigenvalue weighted by molar-refractivity contribution is 7.09. The Morgan fingerprint density at radius 1 is 1.68 bits per heavy atom. The SMILES string of the molecule is Cc1csc(CNC(=O)N2CCOC(C(=O)O)C2)n1. The van der Waals surface area contributed by atoms with Gasteiger partial charge in [-0.3, -0.25) is 0 Å². The zero-order valence-corrected chi connectivity index (χ0v) is 11.3. The van der Waals surface area contributed by atoms with E-state index in [-0.39, 0.29) is 19.2 Å². The molecule has 1 aliphatic heterocycles. The number of amides is 2. The lowest BCUT2D eigenvalue weighted by molar-refractivity contribution is -0.154. The van der Waals surface area contributed by atoms with Gasteiger partial charge in [0, 0.05) is 17.6 Å². The zero-order chi connectivity index (χ0) is 13.8. The highest BCUT2D eigenvalue weighted by Crippen LogP contribution is 2.09. The average molecular weight is 285 g/mol. The van der Waals surface area contributed by atoms with Crippen molar-refractivity contribution in [2.45, 2.75) is 19.6 Å². The lowest BCUT2D eigenvalue weighted by Gasteiger charge is -2.30. The molecule has 8 heteroatoms. The fourth-order valence-electron chi connectivity index (χ4n) is 1.73. The molecule has 2 amide bonds. The monoisotopic (exact) mass is 285 g/mol. The number of nitrogens with one attached hydrogen (secondary N) is 1. The van der Waals surface area contributed by atoms with E-state index in [1.165, 1.54) is 16.2 Å². The van der Waals surface area contributed by atoms with Gasteiger partial charge in [0.15, 0.2) is 6.10 Å². The number of carbonyl (C=O) groups excluding carboxylic acids is 1. The number of urea groups is 1. The number of nitrogens with zero attached hydrogens (tertiary/aromatic N) is 2. The summed E-state index contributed by atoms with van der Waals surface area (Å²) < 4.78 is 5.05. The number of ether oxygens (including phenoxy) is 1. The van der Waals surface area contributed by atoms with E-state index in [2.05, 4.69) is 10.3 Å². The molecule has 1 unspecified atom stereocenters. The quantitative estimate of drug-likeness (QED) is 0.841. The molecule has 19 heavy (non-hydrogen) atoms. The Labute approximate surface area is 114 Å². The first-order valence-corrected chi connectivity index (χ1v) is 6.72. The number of rotatable bonds is 3. The molecule has 0 spiro atoms. The summed E-state index contributed by atoms with van der Waals surface area (Å²) in [6.07, 6.45) is -0.943. The van der Waals surface area contributed by atoms with Crippen molar-refractivity contribution < 1.29 is 19.4 Å². The van der Waals surface area contributed by atoms with Gasteiger partial charge in [-0.1, -0.05) is 0 Å². The summed E-state index contributed by atoms with van der Waals surface area (Å²) in [6.45, 7) is 2.94. The summed E-state index contributed by atoms with van der Waals surface area (Å²) in [5.74, 6) is -1.05. The zero-order valence-electron chi connectivity index (χ0n) is 10.5. The van der Waals surface area contributed by atoms with Crippen LogP contribution < -0.4 is 5.32 Å². The maximum atomic E-state index is 11.9. The number of morpholine rings is 1. The Hall–Kier alpha value is -1.67. The second-order valence-electron chi connectivity index (χ2n) is 4.19. The topological polar surface area (TPSA) is 91.8 Å². The smallest absolute Gasteiger partial charge is 0.334 e. The fourth-order valence-corrected chi connectivity index (χ4v) is 2.44. The van der Waals surface area contributed by atoms with E-state index in [0.29, 0.717) is 13.1 Å². The van der Waals surface area contributed by atoms with Crippen molar-refractivity contribution in [1.82, 2.24) is 15.2 Å². The van der Waals surface area contributed by atoms with Gasteiger partial charge in [0.25, 0.3) is 0 Å². The molecule has 1 aromatic rings. The molecule has 2 heterocycles. The molecule has 0 aromatic carbocycles. The maximum absolute atomic E-state index is 11.9. The van der Waals surface area contributed by atoms with Crippen LogP contribution in [0.5, 0.6) is 0 Å². The molecule has 0 aliphatic carbocycles. The molecule has 1 aliphatic rings. The molecule has 104 valence electrons. The average Bonchev–Trinajstić information content (AvgIpc) is 2.82. The van der Waals surface area contributed by atoms with Gasteiger partial charge in [0.1, 0.15) is 5.01 Å². The number of aromatic nitrogens is 1. The third kappa shape index (κ3) is 3.65. The van der Waals surface area contributed by atoms with Crippen LogP contribution in [0.15, 0.2) is 5.38 Å². The normalized spacial score (nSPS) is 19.2. The molecule has 7 nitrogen and oxygen atoms in total. The van der Waals surface area contributed by atoms with E-state index in [1.54, 1.807) is 0 Å². The minimum Gasteiger partial charge on any atom is -0.479 e. The maximum Gasteiger partial charge on any atom is 0.334 e. The molecule has 1 fully saturated rings. The van der Waals surface area contributed by atoms with Crippen LogP contribution >= 0.6 is 11.3 Å². The van der Waals surface area contributed by atoms with Crippen molar-refractivity contribution in [2.75, 3.05) is 19.7 Å². The van der Waals surface area contributed by atoms with Crippen LogP contribution in [0.4, 0.5) is 4.79 Å². The first kappa shape index (κ1) is 13.8. The second kappa shape index (κ2) is 5.98. The van der Waals surface area contributed by atoms with Gasteiger partial charge in [0.2, 0.25) is 0 Å². The Morgan fingerprint density at radius 3 is 3.11 bits per heavy atom. The Bertz CT molecular complexity index is 476. The first-order chi connectivity index (χ1) is 9.06.